The number of nitrogens with zero attached hydrogens (tertiary/aromatic N) is 3. The normalized spacial score (nSPS) is 12.6. The van der Waals surface area contributed by atoms with Crippen LogP contribution in [0, 0.1) is 0 Å². The molecule has 1 heterocycles. The van der Waals surface area contributed by atoms with Crippen molar-refractivity contribution in [2.75, 3.05) is 20.3 Å². The van der Waals surface area contributed by atoms with Crippen molar-refractivity contribution in [3.63, 3.8) is 0 Å². The van der Waals surface area contributed by atoms with Crippen molar-refractivity contribution < 1.29 is 23.9 Å². The number of esters is 1. The number of amides is 2. The molecule has 2 N–H and O–H groups in total. The molecule has 1 aliphatic rings. The van der Waals surface area contributed by atoms with E-state index in [4.69, 9.17) is 4.74 Å². The summed E-state index contributed by atoms with van der Waals surface area (Å²) in [5, 5.41) is 14.2. The maximum absolute atomic E-state index is 12.8. The van der Waals surface area contributed by atoms with Crippen LogP contribution >= 0.6 is 0 Å². The van der Waals surface area contributed by atoms with Crippen LogP contribution in [0.15, 0.2) is 48.5 Å². The zero-order valence-electron chi connectivity index (χ0n) is 21.0. The van der Waals surface area contributed by atoms with Gasteiger partial charge in [-0.2, -0.15) is 0 Å². The lowest BCUT2D eigenvalue weighted by atomic mass is 10.1. The Hall–Kier alpha value is -4.21. The lowest BCUT2D eigenvalue weighted by molar-refractivity contribution is -0.139. The number of aromatic nitrogens is 3. The smallest absolute Gasteiger partial charge is 0.309 e. The molecule has 194 valence electrons. The molecule has 37 heavy (non-hydrogen) atoms. The van der Waals surface area contributed by atoms with Gasteiger partial charge in [-0.3, -0.25) is 14.4 Å². The van der Waals surface area contributed by atoms with E-state index in [2.05, 4.69) is 25.7 Å². The lowest BCUT2D eigenvalue weighted by Gasteiger charge is -2.11. The number of benzene rings is 2. The van der Waals surface area contributed by atoms with Crippen LogP contribution in [0.1, 0.15) is 58.3 Å². The summed E-state index contributed by atoms with van der Waals surface area (Å²) in [6.45, 7) is 2.83. The fraction of sp³-hybridized carbons (Fsp3) is 0.370. The zero-order chi connectivity index (χ0) is 26.2. The van der Waals surface area contributed by atoms with Crippen LogP contribution < -0.4 is 15.4 Å². The van der Waals surface area contributed by atoms with Gasteiger partial charge in [-0.05, 0) is 74.6 Å². The van der Waals surface area contributed by atoms with E-state index in [1.165, 1.54) is 7.11 Å². The Labute approximate surface area is 215 Å². The molecule has 2 aromatic carbocycles. The summed E-state index contributed by atoms with van der Waals surface area (Å²) in [5.74, 6) is 0.0184. The third-order valence-corrected chi connectivity index (χ3v) is 5.93. The van der Waals surface area contributed by atoms with Crippen LogP contribution in [0.25, 0.3) is 5.69 Å². The Morgan fingerprint density at radius 1 is 1.03 bits per heavy atom. The maximum Gasteiger partial charge on any atom is 0.309 e. The van der Waals surface area contributed by atoms with Crippen molar-refractivity contribution in [2.45, 2.75) is 45.1 Å². The van der Waals surface area contributed by atoms with Gasteiger partial charge in [0.05, 0.1) is 31.5 Å². The van der Waals surface area contributed by atoms with Crippen molar-refractivity contribution in [2.24, 2.45) is 0 Å². The molecule has 10 heteroatoms. The highest BCUT2D eigenvalue weighted by atomic mass is 16.5. The van der Waals surface area contributed by atoms with Gasteiger partial charge < -0.3 is 20.1 Å². The molecule has 0 atom stereocenters. The number of nitrogens with one attached hydrogen (secondary N) is 2. The Morgan fingerprint density at radius 2 is 1.76 bits per heavy atom. The predicted octanol–water partition coefficient (Wildman–Crippen LogP) is 2.64. The molecule has 0 bridgehead atoms. The predicted molar refractivity (Wildman–Crippen MR) is 136 cm³/mol. The number of methoxy groups -OCH3 is 1. The van der Waals surface area contributed by atoms with E-state index in [1.54, 1.807) is 28.9 Å². The third kappa shape index (κ3) is 6.93. The molecule has 0 radical (unpaired) electrons. The molecule has 4 rings (SSSR count). The number of ether oxygens (including phenoxy) is 2. The number of hydrogen-bond acceptors (Lipinski definition) is 7. The quantitative estimate of drug-likeness (QED) is 0.286. The topological polar surface area (TPSA) is 124 Å². The Morgan fingerprint density at radius 3 is 2.41 bits per heavy atom. The molecular formula is C27H31N5O5. The molecule has 1 fully saturated rings. The number of rotatable bonds is 12. The van der Waals surface area contributed by atoms with Crippen LogP contribution in [0.5, 0.6) is 5.75 Å². The first-order valence-electron chi connectivity index (χ1n) is 12.4. The first-order chi connectivity index (χ1) is 18.0. The Bertz CT molecular complexity index is 1230. The molecule has 1 saturated carbocycles. The van der Waals surface area contributed by atoms with E-state index in [-0.39, 0.29) is 30.2 Å². The monoisotopic (exact) mass is 505 g/mol. The summed E-state index contributed by atoms with van der Waals surface area (Å²) in [5.41, 5.74) is 3.08. The molecule has 1 aromatic heterocycles. The van der Waals surface area contributed by atoms with Gasteiger partial charge in [-0.1, -0.05) is 17.3 Å². The number of carbonyl (C=O) groups is 3. The molecule has 1 aliphatic carbocycles. The van der Waals surface area contributed by atoms with Crippen molar-refractivity contribution in [3.05, 3.63) is 71.0 Å². The highest BCUT2D eigenvalue weighted by Gasteiger charge is 2.27. The fourth-order valence-electron chi connectivity index (χ4n) is 3.78. The van der Waals surface area contributed by atoms with E-state index in [9.17, 15) is 14.4 Å². The Kier molecular flexibility index (Phi) is 8.50. The van der Waals surface area contributed by atoms with Gasteiger partial charge in [0, 0.05) is 18.2 Å². The van der Waals surface area contributed by atoms with Crippen molar-refractivity contribution in [3.8, 4) is 11.4 Å². The highest BCUT2D eigenvalue weighted by molar-refractivity contribution is 5.94. The average molecular weight is 506 g/mol. The largest absolute Gasteiger partial charge is 0.494 e. The molecule has 0 saturated heterocycles. The second-order valence-electron chi connectivity index (χ2n) is 8.80. The molecule has 0 spiro atoms. The number of carbonyl (C=O) groups excluding carboxylic acids is 3. The second kappa shape index (κ2) is 12.2. The van der Waals surface area contributed by atoms with Crippen LogP contribution in [0.2, 0.25) is 0 Å². The molecule has 2 amide bonds. The summed E-state index contributed by atoms with van der Waals surface area (Å²) >= 11 is 0. The highest BCUT2D eigenvalue weighted by Crippen LogP contribution is 2.21. The average Bonchev–Trinajstić information content (AvgIpc) is 3.63. The van der Waals surface area contributed by atoms with Crippen LogP contribution in [0.4, 0.5) is 0 Å². The van der Waals surface area contributed by atoms with E-state index in [0.29, 0.717) is 54.4 Å². The van der Waals surface area contributed by atoms with Gasteiger partial charge in [0.1, 0.15) is 5.75 Å². The van der Waals surface area contributed by atoms with E-state index < -0.39 is 0 Å². The second-order valence-corrected chi connectivity index (χ2v) is 8.80. The van der Waals surface area contributed by atoms with E-state index in [1.807, 2.05) is 31.2 Å². The lowest BCUT2D eigenvalue weighted by Crippen LogP contribution is -2.27. The summed E-state index contributed by atoms with van der Waals surface area (Å²) < 4.78 is 12.2. The van der Waals surface area contributed by atoms with Crippen molar-refractivity contribution >= 4 is 17.8 Å². The summed E-state index contributed by atoms with van der Waals surface area (Å²) in [4.78, 5) is 36.3. The number of hydrogen-bond donors (Lipinski definition) is 2. The SMILES string of the molecule is CCNC(=O)c1ccc(-n2nnc(C(=O)NC3CC3)c2CCCOc2ccc(CC(=O)OC)cc2)cc1. The summed E-state index contributed by atoms with van der Waals surface area (Å²) in [6.07, 6.45) is 3.30. The molecule has 0 unspecified atom stereocenters. The molecule has 3 aromatic rings. The fourth-order valence-corrected chi connectivity index (χ4v) is 3.78. The molecule has 0 aliphatic heterocycles. The first kappa shape index (κ1) is 25.9. The minimum absolute atomic E-state index is 0.146. The van der Waals surface area contributed by atoms with Crippen molar-refractivity contribution in [1.29, 1.82) is 0 Å². The maximum atomic E-state index is 12.8. The summed E-state index contributed by atoms with van der Waals surface area (Å²) in [6, 6.07) is 14.5. The van der Waals surface area contributed by atoms with Gasteiger partial charge in [-0.25, -0.2) is 4.68 Å². The van der Waals surface area contributed by atoms with Crippen LogP contribution in [-0.4, -0.2) is 59.1 Å². The minimum atomic E-state index is -0.292. The van der Waals surface area contributed by atoms with Crippen molar-refractivity contribution in [1.82, 2.24) is 25.6 Å². The molecule has 10 nitrogen and oxygen atoms in total. The van der Waals surface area contributed by atoms with Gasteiger partial charge in [-0.15, -0.1) is 5.10 Å². The van der Waals surface area contributed by atoms with E-state index >= 15 is 0 Å². The van der Waals surface area contributed by atoms with Crippen LogP contribution in [-0.2, 0) is 22.4 Å². The first-order valence-corrected chi connectivity index (χ1v) is 12.4. The third-order valence-electron chi connectivity index (χ3n) is 5.93. The standard InChI is InChI=1S/C27H31N5O5/c1-3-28-26(34)19-8-12-21(13-9-19)32-23(25(30-31-32)27(35)29-20-10-11-20)5-4-16-37-22-14-6-18(7-15-22)17-24(33)36-2/h6-9,12-15,20H,3-5,10-11,16-17H2,1-2H3,(H,28,34)(H,29,35). The summed E-state index contributed by atoms with van der Waals surface area (Å²) in [7, 11) is 1.36. The minimum Gasteiger partial charge on any atom is -0.494 e. The Balaban J connectivity index is 1.43. The van der Waals surface area contributed by atoms with Crippen LogP contribution in [0.3, 0.4) is 0 Å². The van der Waals surface area contributed by atoms with E-state index in [0.717, 1.165) is 18.4 Å². The van der Waals surface area contributed by atoms with Gasteiger partial charge in [0.2, 0.25) is 0 Å². The van der Waals surface area contributed by atoms with Gasteiger partial charge in [0.25, 0.3) is 11.8 Å². The van der Waals surface area contributed by atoms with Gasteiger partial charge in [0.15, 0.2) is 5.69 Å². The van der Waals surface area contributed by atoms with Gasteiger partial charge >= 0.3 is 5.97 Å². The molecular weight excluding hydrogens is 474 g/mol. The zero-order valence-corrected chi connectivity index (χ0v) is 21.0.